The Morgan fingerprint density at radius 1 is 0.267 bits per heavy atom. The first kappa shape index (κ1) is 99.1. The number of hydrogen-bond donors (Lipinski definition) is 3. The van der Waals surface area contributed by atoms with Crippen LogP contribution in [0.4, 0.5) is 0 Å². The Morgan fingerprint density at radius 3 is 0.673 bits per heavy atom. The predicted molar refractivity (Wildman–Crippen MR) is 414 cm³/mol. The highest BCUT2D eigenvalue weighted by Gasteiger charge is 2.30. The molecule has 0 radical (unpaired) electrons. The summed E-state index contributed by atoms with van der Waals surface area (Å²) in [5.41, 5.74) is 0. The number of carbonyl (C=O) groups is 4. The number of aliphatic hydroxyl groups is 1. The van der Waals surface area contributed by atoms with E-state index in [0.29, 0.717) is 25.7 Å². The van der Waals surface area contributed by atoms with Gasteiger partial charge in [0, 0.05) is 25.7 Å². The van der Waals surface area contributed by atoms with Crippen molar-refractivity contribution in [3.05, 3.63) is 0 Å². The van der Waals surface area contributed by atoms with Crippen LogP contribution in [0.15, 0.2) is 0 Å². The van der Waals surface area contributed by atoms with Crippen molar-refractivity contribution in [1.29, 1.82) is 0 Å². The van der Waals surface area contributed by atoms with E-state index in [0.717, 1.165) is 102 Å². The molecule has 600 valence electrons. The summed E-state index contributed by atoms with van der Waals surface area (Å²) in [7, 11) is -9.92. The molecular weight excluding hydrogens is 1320 g/mol. The Labute approximate surface area is 619 Å². The lowest BCUT2D eigenvalue weighted by atomic mass is 10.0. The van der Waals surface area contributed by atoms with Gasteiger partial charge in [-0.3, -0.25) is 37.3 Å². The van der Waals surface area contributed by atoms with E-state index in [1.54, 1.807) is 0 Å². The molecule has 0 fully saturated rings. The molecule has 0 saturated carbocycles. The van der Waals surface area contributed by atoms with Gasteiger partial charge >= 0.3 is 39.5 Å². The Balaban J connectivity index is 5.21. The standard InChI is InChI=1S/C82H160O17P2/c1-7-9-11-13-15-17-18-19-20-21-22-23-24-25-26-31-36-42-48-54-60-66-81(86)99-78(71-93-80(85)65-59-53-47-41-35-30-28-27-29-33-39-44-50-56-62-74(3)4)73-97-101(90,91)95-69-76(83)68-94-100(88,89)96-72-77(70-92-79(84)64-58-52-46-38-16-14-12-10-8-2)98-82(87)67-61-55-49-43-37-32-34-40-45-51-57-63-75(5)6/h74-78,83H,7-73H2,1-6H3,(H,88,89)(H,90,91)/t76-,77+,78+/m0/s1. The lowest BCUT2D eigenvalue weighted by Crippen LogP contribution is -2.30. The first-order valence-corrected chi connectivity index (χ1v) is 45.5. The molecule has 0 aromatic rings. The molecule has 0 bridgehead atoms. The van der Waals surface area contributed by atoms with Crippen molar-refractivity contribution in [2.24, 2.45) is 11.8 Å². The molecule has 17 nitrogen and oxygen atoms in total. The van der Waals surface area contributed by atoms with Crippen molar-refractivity contribution in [3.63, 3.8) is 0 Å². The molecule has 0 saturated heterocycles. The van der Waals surface area contributed by atoms with E-state index < -0.39 is 97.5 Å². The second kappa shape index (κ2) is 73.6. The normalized spacial score (nSPS) is 13.9. The lowest BCUT2D eigenvalue weighted by molar-refractivity contribution is -0.161. The highest BCUT2D eigenvalue weighted by molar-refractivity contribution is 7.47. The number of phosphoric acid groups is 2. The number of carbonyl (C=O) groups excluding carboxylic acids is 4. The molecule has 0 aromatic heterocycles. The summed E-state index contributed by atoms with van der Waals surface area (Å²) >= 11 is 0. The number of hydrogen-bond acceptors (Lipinski definition) is 15. The van der Waals surface area contributed by atoms with Gasteiger partial charge in [0.2, 0.25) is 0 Å². The second-order valence-electron chi connectivity index (χ2n) is 30.5. The summed E-state index contributed by atoms with van der Waals surface area (Å²) in [4.78, 5) is 73.0. The van der Waals surface area contributed by atoms with E-state index >= 15 is 0 Å². The third kappa shape index (κ3) is 76.1. The van der Waals surface area contributed by atoms with Crippen molar-refractivity contribution < 1.29 is 80.2 Å². The molecule has 0 rings (SSSR count). The van der Waals surface area contributed by atoms with Crippen LogP contribution in [0.25, 0.3) is 0 Å². The smallest absolute Gasteiger partial charge is 0.462 e. The minimum atomic E-state index is -4.96. The van der Waals surface area contributed by atoms with E-state index in [1.165, 1.54) is 250 Å². The maximum Gasteiger partial charge on any atom is 0.472 e. The van der Waals surface area contributed by atoms with Crippen LogP contribution in [-0.4, -0.2) is 96.7 Å². The van der Waals surface area contributed by atoms with Crippen molar-refractivity contribution in [3.8, 4) is 0 Å². The predicted octanol–water partition coefficient (Wildman–Crippen LogP) is 24.7. The number of unbranched alkanes of at least 4 members (excludes halogenated alkanes) is 51. The van der Waals surface area contributed by atoms with Gasteiger partial charge in [-0.25, -0.2) is 9.13 Å². The van der Waals surface area contributed by atoms with E-state index in [1.807, 2.05) is 0 Å². The third-order valence-electron chi connectivity index (χ3n) is 19.2. The van der Waals surface area contributed by atoms with Gasteiger partial charge in [-0.2, -0.15) is 0 Å². The number of ether oxygens (including phenoxy) is 4. The van der Waals surface area contributed by atoms with Crippen LogP contribution in [0.3, 0.4) is 0 Å². The first-order valence-electron chi connectivity index (χ1n) is 42.5. The monoisotopic (exact) mass is 1480 g/mol. The van der Waals surface area contributed by atoms with Crippen LogP contribution < -0.4 is 0 Å². The molecule has 0 aromatic carbocycles. The molecule has 3 N–H and O–H groups in total. The molecule has 0 aliphatic rings. The topological polar surface area (TPSA) is 237 Å². The number of phosphoric ester groups is 2. The van der Waals surface area contributed by atoms with E-state index in [9.17, 15) is 43.2 Å². The molecule has 0 aliphatic carbocycles. The zero-order valence-corrected chi connectivity index (χ0v) is 68.0. The fraction of sp³-hybridized carbons (Fsp3) is 0.951. The van der Waals surface area contributed by atoms with Crippen LogP contribution in [0, 0.1) is 11.8 Å². The molecular formula is C82H160O17P2. The van der Waals surface area contributed by atoms with Crippen LogP contribution >= 0.6 is 15.6 Å². The fourth-order valence-electron chi connectivity index (χ4n) is 12.7. The molecule has 101 heavy (non-hydrogen) atoms. The van der Waals surface area contributed by atoms with Gasteiger partial charge in [0.15, 0.2) is 12.2 Å². The molecule has 5 atom stereocenters. The van der Waals surface area contributed by atoms with E-state index in [-0.39, 0.29) is 25.7 Å². The summed E-state index contributed by atoms with van der Waals surface area (Å²) in [6.07, 6.45) is 63.9. The maximum atomic E-state index is 13.1. The number of aliphatic hydroxyl groups excluding tert-OH is 1. The Morgan fingerprint density at radius 2 is 0.455 bits per heavy atom. The maximum absolute atomic E-state index is 13.1. The average Bonchev–Trinajstić information content (AvgIpc) is 0.955. The summed E-state index contributed by atoms with van der Waals surface area (Å²) in [5.74, 6) is -0.544. The first-order chi connectivity index (χ1) is 48.9. The summed E-state index contributed by atoms with van der Waals surface area (Å²) in [5, 5.41) is 10.6. The minimum absolute atomic E-state index is 0.107. The van der Waals surface area contributed by atoms with Gasteiger partial charge in [0.05, 0.1) is 26.4 Å². The third-order valence-corrected chi connectivity index (χ3v) is 21.1. The van der Waals surface area contributed by atoms with Gasteiger partial charge in [-0.1, -0.05) is 382 Å². The van der Waals surface area contributed by atoms with Gasteiger partial charge in [0.1, 0.15) is 19.3 Å². The van der Waals surface area contributed by atoms with Crippen molar-refractivity contribution in [2.75, 3.05) is 39.6 Å². The average molecular weight is 1480 g/mol. The van der Waals surface area contributed by atoms with E-state index in [4.69, 9.17) is 37.0 Å². The van der Waals surface area contributed by atoms with Gasteiger partial charge in [-0.15, -0.1) is 0 Å². The van der Waals surface area contributed by atoms with Crippen LogP contribution in [0.2, 0.25) is 0 Å². The number of esters is 4. The summed E-state index contributed by atoms with van der Waals surface area (Å²) < 4.78 is 68.7. The zero-order chi connectivity index (χ0) is 74.2. The molecule has 0 spiro atoms. The highest BCUT2D eigenvalue weighted by Crippen LogP contribution is 2.45. The Hall–Kier alpha value is -1.94. The van der Waals surface area contributed by atoms with Gasteiger partial charge < -0.3 is 33.8 Å². The SMILES string of the molecule is CCCCCCCCCCCCCCCCCCCCCCCC(=O)O[C@H](COC(=O)CCCCCCCCCCCCCCCCC(C)C)COP(=O)(O)OC[C@@H](O)COP(=O)(O)OC[C@@H](COC(=O)CCCCCCCCCCC)OC(=O)CCCCCCCCCCCCCC(C)C. The summed E-state index contributed by atoms with van der Waals surface area (Å²) in [6.45, 7) is 9.65. The Kier molecular flexibility index (Phi) is 72.2. The quantitative estimate of drug-likeness (QED) is 0.0222. The van der Waals surface area contributed by atoms with Crippen LogP contribution in [0.1, 0.15) is 433 Å². The molecule has 0 amide bonds. The highest BCUT2D eigenvalue weighted by atomic mass is 31.2. The molecule has 0 aliphatic heterocycles. The number of rotatable bonds is 81. The molecule has 19 heteroatoms. The fourth-order valence-corrected chi connectivity index (χ4v) is 14.3. The van der Waals surface area contributed by atoms with Crippen molar-refractivity contribution >= 4 is 39.5 Å². The summed E-state index contributed by atoms with van der Waals surface area (Å²) in [6, 6.07) is 0. The van der Waals surface area contributed by atoms with Crippen LogP contribution in [0.5, 0.6) is 0 Å². The molecule has 2 unspecified atom stereocenters. The lowest BCUT2D eigenvalue weighted by Gasteiger charge is -2.21. The van der Waals surface area contributed by atoms with Crippen molar-refractivity contribution in [1.82, 2.24) is 0 Å². The van der Waals surface area contributed by atoms with E-state index in [2.05, 4.69) is 41.5 Å². The van der Waals surface area contributed by atoms with Gasteiger partial charge in [-0.05, 0) is 37.5 Å². The molecule has 0 heterocycles. The Bertz CT molecular complexity index is 1940. The largest absolute Gasteiger partial charge is 0.472 e. The zero-order valence-electron chi connectivity index (χ0n) is 66.2. The van der Waals surface area contributed by atoms with Crippen molar-refractivity contribution in [2.45, 2.75) is 452 Å². The second-order valence-corrected chi connectivity index (χ2v) is 33.4. The van der Waals surface area contributed by atoms with Crippen LogP contribution in [-0.2, 0) is 65.4 Å². The van der Waals surface area contributed by atoms with Gasteiger partial charge in [0.25, 0.3) is 0 Å². The minimum Gasteiger partial charge on any atom is -0.462 e.